The number of nitrogens with zero attached hydrogens (tertiary/aromatic N) is 1. The number of hydrogen-bond acceptors (Lipinski definition) is 5. The molecule has 1 N–H and O–H groups in total. The Morgan fingerprint density at radius 2 is 1.89 bits per heavy atom. The van der Waals surface area contributed by atoms with Gasteiger partial charge in [0.05, 0.1) is 23.8 Å². The average Bonchev–Trinajstić information content (AvgIpc) is 2.72. The van der Waals surface area contributed by atoms with Gasteiger partial charge in [-0.3, -0.25) is 9.59 Å². The topological polar surface area (TPSA) is 79.2 Å². The molecular weight excluding hydrogens is 379 g/mol. The fourth-order valence-corrected chi connectivity index (χ4v) is 4.08. The number of methoxy groups -OCH3 is 1. The van der Waals surface area contributed by atoms with Crippen LogP contribution in [0, 0.1) is 23.1 Å². The minimum atomic E-state index is -1.14. The maximum absolute atomic E-state index is 13.1. The molecule has 5 nitrogen and oxygen atoms in total. The van der Waals surface area contributed by atoms with Crippen molar-refractivity contribution < 1.29 is 18.7 Å². The van der Waals surface area contributed by atoms with Crippen molar-refractivity contribution in [1.29, 1.82) is 5.26 Å². The van der Waals surface area contributed by atoms with Crippen LogP contribution in [-0.4, -0.2) is 19.0 Å². The third-order valence-corrected chi connectivity index (χ3v) is 5.53. The molecule has 0 saturated carbocycles. The highest BCUT2D eigenvalue weighted by Gasteiger charge is 2.44. The fourth-order valence-electron chi connectivity index (χ4n) is 3.08. The molecule has 2 atom stereocenters. The highest BCUT2D eigenvalue weighted by atomic mass is 32.2. The summed E-state index contributed by atoms with van der Waals surface area (Å²) < 4.78 is 17.9. The van der Waals surface area contributed by atoms with Crippen LogP contribution in [0.5, 0.6) is 0 Å². The normalized spacial score (nSPS) is 19.0. The summed E-state index contributed by atoms with van der Waals surface area (Å²) in [6.45, 7) is 0. The van der Waals surface area contributed by atoms with E-state index in [0.29, 0.717) is 21.9 Å². The predicted molar refractivity (Wildman–Crippen MR) is 103 cm³/mol. The fraction of sp³-hybridized carbons (Fsp3) is 0.190. The Morgan fingerprint density at radius 3 is 2.50 bits per heavy atom. The third kappa shape index (κ3) is 4.07. The summed E-state index contributed by atoms with van der Waals surface area (Å²) in [7, 11) is 1.21. The summed E-state index contributed by atoms with van der Waals surface area (Å²) in [5, 5.41) is 12.9. The number of halogens is 1. The second-order valence-electron chi connectivity index (χ2n) is 6.15. The van der Waals surface area contributed by atoms with Crippen molar-refractivity contribution in [3.05, 3.63) is 82.1 Å². The number of carbonyl (C=O) groups excluding carboxylic acids is 2. The molecule has 1 aliphatic heterocycles. The number of nitrogens with one attached hydrogen (secondary N) is 1. The Kier molecular flexibility index (Phi) is 6.12. The van der Waals surface area contributed by atoms with Crippen molar-refractivity contribution in [3.63, 3.8) is 0 Å². The van der Waals surface area contributed by atoms with E-state index < -0.39 is 23.7 Å². The summed E-state index contributed by atoms with van der Waals surface area (Å²) in [6.07, 6.45) is 0. The van der Waals surface area contributed by atoms with Crippen LogP contribution < -0.4 is 5.32 Å². The van der Waals surface area contributed by atoms with Gasteiger partial charge in [-0.05, 0) is 23.3 Å². The van der Waals surface area contributed by atoms with E-state index in [9.17, 15) is 19.2 Å². The highest BCUT2D eigenvalue weighted by Crippen LogP contribution is 2.40. The molecule has 0 bridgehead atoms. The Hall–Kier alpha value is -3.11. The van der Waals surface area contributed by atoms with Gasteiger partial charge in [-0.15, -0.1) is 11.8 Å². The van der Waals surface area contributed by atoms with Crippen LogP contribution in [0.3, 0.4) is 0 Å². The van der Waals surface area contributed by atoms with Crippen molar-refractivity contribution in [2.45, 2.75) is 11.7 Å². The summed E-state index contributed by atoms with van der Waals surface area (Å²) >= 11 is 1.26. The van der Waals surface area contributed by atoms with Gasteiger partial charge in [0.2, 0.25) is 5.91 Å². The van der Waals surface area contributed by atoms with Crippen molar-refractivity contribution in [2.24, 2.45) is 5.92 Å². The number of carbonyl (C=O) groups is 2. The SMILES string of the molecule is COC(=O)[C@@H]1C(=O)NC(SCc2ccc(F)cc2)=C(C#N)[C@H]1c1ccccc1. The first kappa shape index (κ1) is 19.6. The molecule has 0 aliphatic carbocycles. The smallest absolute Gasteiger partial charge is 0.319 e. The van der Waals surface area contributed by atoms with Gasteiger partial charge in [0.25, 0.3) is 0 Å². The molecule has 142 valence electrons. The van der Waals surface area contributed by atoms with Crippen LogP contribution in [0.1, 0.15) is 17.0 Å². The number of thioether (sulfide) groups is 1. The highest BCUT2D eigenvalue weighted by molar-refractivity contribution is 8.02. The number of amides is 1. The van der Waals surface area contributed by atoms with Gasteiger partial charge in [0.15, 0.2) is 0 Å². The molecule has 2 aromatic carbocycles. The molecule has 0 saturated heterocycles. The number of benzene rings is 2. The van der Waals surface area contributed by atoms with Gasteiger partial charge in [0, 0.05) is 11.7 Å². The molecule has 0 fully saturated rings. The number of esters is 1. The lowest BCUT2D eigenvalue weighted by Crippen LogP contribution is -2.44. The first-order valence-corrected chi connectivity index (χ1v) is 9.49. The quantitative estimate of drug-likeness (QED) is 0.618. The second kappa shape index (κ2) is 8.72. The minimum absolute atomic E-state index is 0.299. The van der Waals surface area contributed by atoms with E-state index in [1.165, 1.54) is 31.0 Å². The van der Waals surface area contributed by atoms with Crippen molar-refractivity contribution >= 4 is 23.6 Å². The van der Waals surface area contributed by atoms with E-state index in [1.807, 2.05) is 6.07 Å². The van der Waals surface area contributed by atoms with Crippen LogP contribution in [0.2, 0.25) is 0 Å². The molecule has 3 rings (SSSR count). The number of hydrogen-bond donors (Lipinski definition) is 1. The van der Waals surface area contributed by atoms with Crippen LogP contribution in [0.25, 0.3) is 0 Å². The van der Waals surface area contributed by atoms with Crippen LogP contribution >= 0.6 is 11.8 Å². The van der Waals surface area contributed by atoms with Crippen molar-refractivity contribution in [3.8, 4) is 6.07 Å². The average molecular weight is 396 g/mol. The van der Waals surface area contributed by atoms with Gasteiger partial charge >= 0.3 is 5.97 Å². The number of rotatable bonds is 5. The zero-order valence-corrected chi connectivity index (χ0v) is 15.8. The number of allylic oxidation sites excluding steroid dienone is 1. The van der Waals surface area contributed by atoms with E-state index in [1.54, 1.807) is 36.4 Å². The third-order valence-electron chi connectivity index (χ3n) is 4.44. The van der Waals surface area contributed by atoms with Crippen LogP contribution in [0.15, 0.2) is 65.2 Å². The minimum Gasteiger partial charge on any atom is -0.468 e. The van der Waals surface area contributed by atoms with Gasteiger partial charge in [-0.25, -0.2) is 4.39 Å². The van der Waals surface area contributed by atoms with E-state index in [4.69, 9.17) is 4.74 Å². The molecule has 1 amide bonds. The molecule has 0 spiro atoms. The first-order valence-electron chi connectivity index (χ1n) is 8.50. The monoisotopic (exact) mass is 396 g/mol. The maximum atomic E-state index is 13.1. The Bertz CT molecular complexity index is 952. The van der Waals surface area contributed by atoms with Gasteiger partial charge in [0.1, 0.15) is 11.7 Å². The largest absolute Gasteiger partial charge is 0.468 e. The summed E-state index contributed by atoms with van der Waals surface area (Å²) in [5.41, 5.74) is 1.83. The Balaban J connectivity index is 1.98. The van der Waals surface area contributed by atoms with E-state index in [-0.39, 0.29) is 5.82 Å². The zero-order chi connectivity index (χ0) is 20.1. The first-order chi connectivity index (χ1) is 13.5. The van der Waals surface area contributed by atoms with Gasteiger partial charge in [-0.2, -0.15) is 5.26 Å². The molecule has 1 heterocycles. The molecule has 2 aromatic rings. The predicted octanol–water partition coefficient (Wildman–Crippen LogP) is 3.50. The molecule has 0 radical (unpaired) electrons. The summed E-state index contributed by atoms with van der Waals surface area (Å²) in [4.78, 5) is 25.0. The van der Waals surface area contributed by atoms with Crippen molar-refractivity contribution in [1.82, 2.24) is 5.32 Å². The van der Waals surface area contributed by atoms with Gasteiger partial charge in [-0.1, -0.05) is 42.5 Å². The number of nitriles is 1. The van der Waals surface area contributed by atoms with Crippen LogP contribution in [0.4, 0.5) is 4.39 Å². The molecular formula is C21H17FN2O3S. The number of ether oxygens (including phenoxy) is 1. The van der Waals surface area contributed by atoms with Gasteiger partial charge < -0.3 is 10.1 Å². The summed E-state index contributed by atoms with van der Waals surface area (Å²) in [6, 6.07) is 17.1. The zero-order valence-electron chi connectivity index (χ0n) is 15.0. The lowest BCUT2D eigenvalue weighted by atomic mass is 9.78. The second-order valence-corrected chi connectivity index (χ2v) is 7.13. The van der Waals surface area contributed by atoms with Crippen LogP contribution in [-0.2, 0) is 20.1 Å². The molecule has 1 aliphatic rings. The van der Waals surface area contributed by atoms with E-state index in [2.05, 4.69) is 11.4 Å². The Morgan fingerprint density at radius 1 is 1.21 bits per heavy atom. The van der Waals surface area contributed by atoms with E-state index >= 15 is 0 Å². The maximum Gasteiger partial charge on any atom is 0.319 e. The molecule has 0 unspecified atom stereocenters. The van der Waals surface area contributed by atoms with E-state index in [0.717, 1.165) is 5.56 Å². The molecule has 0 aromatic heterocycles. The lowest BCUT2D eigenvalue weighted by molar-refractivity contribution is -0.150. The Labute approximate surface area is 166 Å². The standard InChI is InChI=1S/C21H17FN2O3S/c1-27-21(26)18-17(14-5-3-2-4-6-14)16(11-23)20(24-19(18)25)28-12-13-7-9-15(22)10-8-13/h2-10,17-18H,12H2,1H3,(H,24,25)/t17-,18+/m1/s1. The van der Waals surface area contributed by atoms with Crippen molar-refractivity contribution in [2.75, 3.05) is 7.11 Å². The molecule has 7 heteroatoms. The lowest BCUT2D eigenvalue weighted by Gasteiger charge is -2.31. The molecule has 28 heavy (non-hydrogen) atoms. The summed E-state index contributed by atoms with van der Waals surface area (Å²) in [5.74, 6) is -2.98.